The molecule has 24 heavy (non-hydrogen) atoms. The third kappa shape index (κ3) is 3.97. The molecule has 0 saturated carbocycles. The molecule has 0 radical (unpaired) electrons. The Balaban J connectivity index is 1.63. The van der Waals surface area contributed by atoms with Crippen LogP contribution in [-0.2, 0) is 0 Å². The number of rotatable bonds is 4. The monoisotopic (exact) mass is 433 g/mol. The summed E-state index contributed by atoms with van der Waals surface area (Å²) in [7, 11) is 0. The van der Waals surface area contributed by atoms with Crippen molar-refractivity contribution >= 4 is 25.1 Å². The summed E-state index contributed by atoms with van der Waals surface area (Å²) < 4.78 is 15.8. The average Bonchev–Trinajstić information content (AvgIpc) is 2.61. The normalized spacial score (nSPS) is 20.7. The second-order valence-corrected chi connectivity index (χ2v) is 14.9. The molecule has 128 valence electrons. The molecule has 3 rings (SSSR count). The number of nitrogens with two attached hydrogens (primary N) is 1. The predicted octanol–water partition coefficient (Wildman–Crippen LogP) is 2.88. The molecule has 1 atom stereocenters. The van der Waals surface area contributed by atoms with E-state index < -0.39 is 21.4 Å². The van der Waals surface area contributed by atoms with Gasteiger partial charge in [-0.3, -0.25) is 0 Å². The topological polar surface area (TPSA) is 49.6 Å². The average molecular weight is 433 g/mol. The van der Waals surface area contributed by atoms with Crippen LogP contribution in [0, 0.1) is 5.82 Å². The van der Waals surface area contributed by atoms with Gasteiger partial charge in [0.25, 0.3) is 0 Å². The van der Waals surface area contributed by atoms with Gasteiger partial charge in [-0.25, -0.2) is 0 Å². The summed E-state index contributed by atoms with van der Waals surface area (Å²) in [5, 5.41) is 0. The van der Waals surface area contributed by atoms with Crippen LogP contribution in [0.1, 0.15) is 31.4 Å². The van der Waals surface area contributed by atoms with Crippen molar-refractivity contribution in [3.05, 3.63) is 45.2 Å². The fraction of sp³-hybridized carbons (Fsp3) is 0.500. The molecule has 1 unspecified atom stereocenters. The molecule has 1 amide bonds. The zero-order chi connectivity index (χ0) is 17.1. The van der Waals surface area contributed by atoms with Crippen LogP contribution < -0.4 is 5.73 Å². The molecule has 2 N–H and O–H groups in total. The van der Waals surface area contributed by atoms with Crippen LogP contribution in [0.15, 0.2) is 33.8 Å². The van der Waals surface area contributed by atoms with Gasteiger partial charge in [-0.2, -0.15) is 0 Å². The molecule has 0 spiro atoms. The number of halogens is 1. The Kier molecular flexibility index (Phi) is 5.87. The van der Waals surface area contributed by atoms with E-state index in [1.165, 1.54) is 9.52 Å². The number of piperazine rings is 1. The van der Waals surface area contributed by atoms with Crippen LogP contribution in [0.4, 0.5) is 9.18 Å². The number of hydrogen-bond acceptors (Lipinski definition) is 3. The Morgan fingerprint density at radius 2 is 2.04 bits per heavy atom. The van der Waals surface area contributed by atoms with Crippen LogP contribution in [0.5, 0.6) is 0 Å². The van der Waals surface area contributed by atoms with Gasteiger partial charge in [-0.1, -0.05) is 0 Å². The molecule has 0 aliphatic carbocycles. The van der Waals surface area contributed by atoms with Crippen LogP contribution >= 0.6 is 0 Å². The molecule has 0 aromatic heterocycles. The summed E-state index contributed by atoms with van der Waals surface area (Å²) >= 11 is -2.41. The minimum atomic E-state index is -2.41. The van der Waals surface area contributed by atoms with Crippen LogP contribution in [0.3, 0.4) is 0 Å². The molecule has 6 heteroatoms. The van der Waals surface area contributed by atoms with Crippen molar-refractivity contribution in [3.63, 3.8) is 0 Å². The molecule has 1 fully saturated rings. The van der Waals surface area contributed by atoms with Crippen molar-refractivity contribution in [2.45, 2.75) is 30.0 Å². The number of amides is 1. The van der Waals surface area contributed by atoms with Gasteiger partial charge in [0, 0.05) is 0 Å². The van der Waals surface area contributed by atoms with Crippen molar-refractivity contribution in [1.82, 2.24) is 9.80 Å². The summed E-state index contributed by atoms with van der Waals surface area (Å²) in [5.74, 6) is -0.177. The van der Waals surface area contributed by atoms with Gasteiger partial charge >= 0.3 is 151 Å². The van der Waals surface area contributed by atoms with Crippen molar-refractivity contribution in [1.29, 1.82) is 0 Å². The Hall–Kier alpha value is -1.01. The summed E-state index contributed by atoms with van der Waals surface area (Å²) in [6.07, 6.45) is 4.49. The third-order valence-electron chi connectivity index (χ3n) is 5.31. The quantitative estimate of drug-likeness (QED) is 0.795. The summed E-state index contributed by atoms with van der Waals surface area (Å²) in [6, 6.07) is 7.08. The summed E-state index contributed by atoms with van der Waals surface area (Å²) in [5.41, 5.74) is 6.69. The number of hydrogen-bond donors (Lipinski definition) is 1. The summed E-state index contributed by atoms with van der Waals surface area (Å²) in [6.45, 7) is 5.88. The first-order valence-electron chi connectivity index (χ1n) is 8.80. The molecule has 1 aromatic rings. The van der Waals surface area contributed by atoms with Crippen molar-refractivity contribution in [3.8, 4) is 0 Å². The Labute approximate surface area is 151 Å². The van der Waals surface area contributed by atoms with E-state index in [2.05, 4.69) is 22.8 Å². The van der Waals surface area contributed by atoms with E-state index >= 15 is 0 Å². The number of benzene rings is 1. The standard InChI is InChI=1S/C17H23FN2.CH2NO.In/c1-3-4-5-9-19-10-12-20(13-11-19)15(2)16-7-6-8-17(18)14-16;2-1-3;/h5-8,14-15H,1,3-4,10-13H2,2H3;(H2,2,3);. The second-order valence-electron chi connectivity index (χ2n) is 6.77. The van der Waals surface area contributed by atoms with E-state index in [0.29, 0.717) is 0 Å². The van der Waals surface area contributed by atoms with Crippen LogP contribution in [0.2, 0.25) is 4.18 Å². The van der Waals surface area contributed by atoms with Gasteiger partial charge in [0.2, 0.25) is 0 Å². The maximum absolute atomic E-state index is 13.4. The number of primary amides is 1. The molecule has 2 heterocycles. The van der Waals surface area contributed by atoms with E-state index in [0.717, 1.165) is 48.8 Å². The number of carbonyl (C=O) groups excluding carboxylic acids is 1. The number of allylic oxidation sites excluding steroid dienone is 1. The van der Waals surface area contributed by atoms with Gasteiger partial charge in [-0.05, 0) is 0 Å². The van der Waals surface area contributed by atoms with E-state index in [1.807, 2.05) is 6.07 Å². The molecule has 4 nitrogen and oxygen atoms in total. The van der Waals surface area contributed by atoms with Gasteiger partial charge in [0.05, 0.1) is 0 Å². The van der Waals surface area contributed by atoms with Crippen molar-refractivity contribution in [2.24, 2.45) is 5.73 Å². The molecule has 2 aliphatic rings. The second kappa shape index (κ2) is 7.91. The van der Waals surface area contributed by atoms with Crippen LogP contribution in [0.25, 0.3) is 0 Å². The first-order valence-corrected chi connectivity index (χ1v) is 14.4. The first kappa shape index (κ1) is 17.8. The Morgan fingerprint density at radius 1 is 1.29 bits per heavy atom. The SMILES string of the molecule is CC(c1cccc(F)c1)N1CCN([C]2=CCC[CH2][In]2[C](N)=O)CC1. The van der Waals surface area contributed by atoms with E-state index in [1.54, 1.807) is 12.1 Å². The van der Waals surface area contributed by atoms with Crippen molar-refractivity contribution in [2.75, 3.05) is 26.2 Å². The third-order valence-corrected chi connectivity index (χ3v) is 13.8. The first-order chi connectivity index (χ1) is 11.6. The van der Waals surface area contributed by atoms with Gasteiger partial charge < -0.3 is 0 Å². The zero-order valence-electron chi connectivity index (χ0n) is 14.2. The maximum atomic E-state index is 13.4. The molecular weight excluding hydrogens is 408 g/mol. The van der Waals surface area contributed by atoms with E-state index in [9.17, 15) is 9.18 Å². The van der Waals surface area contributed by atoms with E-state index in [-0.39, 0.29) is 15.5 Å². The van der Waals surface area contributed by atoms with Gasteiger partial charge in [0.15, 0.2) is 0 Å². The molecule has 1 aromatic carbocycles. The van der Waals surface area contributed by atoms with Crippen LogP contribution in [-0.4, -0.2) is 61.1 Å². The van der Waals surface area contributed by atoms with E-state index in [4.69, 9.17) is 5.73 Å². The number of nitrogens with zero attached hydrogens (tertiary/aromatic N) is 2. The Bertz CT molecular complexity index is 628. The molecule has 1 saturated heterocycles. The fourth-order valence-electron chi connectivity index (χ4n) is 3.84. The van der Waals surface area contributed by atoms with Crippen molar-refractivity contribution < 1.29 is 9.18 Å². The molecular formula is C18H25FInN3O. The summed E-state index contributed by atoms with van der Waals surface area (Å²) in [4.78, 5) is 16.6. The zero-order valence-corrected chi connectivity index (χ0v) is 17.5. The fourth-order valence-corrected chi connectivity index (χ4v) is 11.5. The van der Waals surface area contributed by atoms with Gasteiger partial charge in [-0.15, -0.1) is 0 Å². The minimum absolute atomic E-state index is 0.00157. The predicted molar refractivity (Wildman–Crippen MR) is 95.4 cm³/mol. The number of carbonyl (C=O) groups is 1. The molecule has 0 bridgehead atoms. The molecule has 2 aliphatic heterocycles. The van der Waals surface area contributed by atoms with Gasteiger partial charge in [0.1, 0.15) is 0 Å². The Morgan fingerprint density at radius 3 is 2.71 bits per heavy atom.